The van der Waals surface area contributed by atoms with Crippen LogP contribution in [0.4, 0.5) is 0 Å². The highest BCUT2D eigenvalue weighted by molar-refractivity contribution is 5.71. The third-order valence-corrected chi connectivity index (χ3v) is 10.8. The van der Waals surface area contributed by atoms with Crippen molar-refractivity contribution in [3.8, 4) is 0 Å². The molecule has 0 saturated carbocycles. The smallest absolute Gasteiger partial charge is 0.306 e. The number of esters is 3. The van der Waals surface area contributed by atoms with E-state index in [0.717, 1.165) is 116 Å². The first-order chi connectivity index (χ1) is 33.0. The molecule has 0 aliphatic carbocycles. The van der Waals surface area contributed by atoms with Crippen molar-refractivity contribution in [1.29, 1.82) is 0 Å². The fourth-order valence-corrected chi connectivity index (χ4v) is 6.84. The first-order valence-electron chi connectivity index (χ1n) is 26.8. The van der Waals surface area contributed by atoms with E-state index in [2.05, 4.69) is 81.5 Å². The Morgan fingerprint density at radius 2 is 0.657 bits per heavy atom. The zero-order valence-electron chi connectivity index (χ0n) is 42.9. The SMILES string of the molecule is CC\C=C/C=C\C=C/C=C\C=C\C=C/C=C\CCCCCC(=O)OCC(COC(=O)CCCCCC/C=C\C/C=C\C/C=C\CC)OC(=O)CCCCCCC/C=C\CCCCCCCCC. The number of allylic oxidation sites excluding steroid dienone is 22. The van der Waals surface area contributed by atoms with Crippen LogP contribution in [-0.4, -0.2) is 37.2 Å². The molecule has 0 aromatic carbocycles. The van der Waals surface area contributed by atoms with Gasteiger partial charge in [0, 0.05) is 19.3 Å². The molecule has 6 nitrogen and oxygen atoms in total. The van der Waals surface area contributed by atoms with Crippen LogP contribution in [0, 0.1) is 0 Å². The summed E-state index contributed by atoms with van der Waals surface area (Å²) in [7, 11) is 0. The van der Waals surface area contributed by atoms with Gasteiger partial charge in [-0.15, -0.1) is 0 Å². The van der Waals surface area contributed by atoms with E-state index >= 15 is 0 Å². The number of carbonyl (C=O) groups excluding carboxylic acids is 3. The molecule has 0 N–H and O–H groups in total. The molecule has 67 heavy (non-hydrogen) atoms. The monoisotopic (exact) mass is 925 g/mol. The van der Waals surface area contributed by atoms with E-state index < -0.39 is 6.10 Å². The zero-order valence-corrected chi connectivity index (χ0v) is 42.9. The first-order valence-corrected chi connectivity index (χ1v) is 26.8. The van der Waals surface area contributed by atoms with Crippen LogP contribution in [0.25, 0.3) is 0 Å². The third-order valence-electron chi connectivity index (χ3n) is 10.8. The highest BCUT2D eigenvalue weighted by atomic mass is 16.6. The second-order valence-electron chi connectivity index (χ2n) is 17.2. The Morgan fingerprint density at radius 3 is 1.12 bits per heavy atom. The molecule has 0 aromatic rings. The van der Waals surface area contributed by atoms with Gasteiger partial charge in [-0.25, -0.2) is 0 Å². The van der Waals surface area contributed by atoms with Crippen molar-refractivity contribution >= 4 is 17.9 Å². The van der Waals surface area contributed by atoms with Gasteiger partial charge < -0.3 is 14.2 Å². The summed E-state index contributed by atoms with van der Waals surface area (Å²) in [5, 5.41) is 0. The molecule has 0 saturated heterocycles. The van der Waals surface area contributed by atoms with E-state index in [1.165, 1.54) is 57.8 Å². The average Bonchev–Trinajstić information content (AvgIpc) is 3.33. The van der Waals surface area contributed by atoms with Gasteiger partial charge in [0.1, 0.15) is 13.2 Å². The second-order valence-corrected chi connectivity index (χ2v) is 17.2. The lowest BCUT2D eigenvalue weighted by Gasteiger charge is -2.18. The molecule has 0 aliphatic rings. The third kappa shape index (κ3) is 52.4. The second kappa shape index (κ2) is 54.2. The van der Waals surface area contributed by atoms with E-state index in [1.54, 1.807) is 0 Å². The van der Waals surface area contributed by atoms with Crippen molar-refractivity contribution in [3.05, 3.63) is 134 Å². The van der Waals surface area contributed by atoms with Crippen LogP contribution in [0.15, 0.2) is 134 Å². The predicted molar refractivity (Wildman–Crippen MR) is 288 cm³/mol. The fourth-order valence-electron chi connectivity index (χ4n) is 6.84. The largest absolute Gasteiger partial charge is 0.462 e. The van der Waals surface area contributed by atoms with Gasteiger partial charge in [0.2, 0.25) is 0 Å². The molecule has 0 rings (SSSR count). The summed E-state index contributed by atoms with van der Waals surface area (Å²) in [6, 6.07) is 0. The van der Waals surface area contributed by atoms with Crippen molar-refractivity contribution in [2.24, 2.45) is 0 Å². The van der Waals surface area contributed by atoms with Gasteiger partial charge in [-0.3, -0.25) is 14.4 Å². The van der Waals surface area contributed by atoms with Crippen LogP contribution in [-0.2, 0) is 28.6 Å². The number of hydrogen-bond donors (Lipinski definition) is 0. The van der Waals surface area contributed by atoms with Gasteiger partial charge in [-0.05, 0) is 96.3 Å². The van der Waals surface area contributed by atoms with Gasteiger partial charge in [0.05, 0.1) is 0 Å². The minimum Gasteiger partial charge on any atom is -0.462 e. The van der Waals surface area contributed by atoms with E-state index in [4.69, 9.17) is 14.2 Å². The molecular formula is C61H96O6. The number of hydrogen-bond acceptors (Lipinski definition) is 6. The normalized spacial score (nSPS) is 13.2. The van der Waals surface area contributed by atoms with Crippen LogP contribution in [0.5, 0.6) is 0 Å². The lowest BCUT2D eigenvalue weighted by molar-refractivity contribution is -0.167. The molecule has 0 radical (unpaired) electrons. The number of rotatable bonds is 46. The number of ether oxygens (including phenoxy) is 3. The van der Waals surface area contributed by atoms with Crippen molar-refractivity contribution in [1.82, 2.24) is 0 Å². The van der Waals surface area contributed by atoms with Crippen molar-refractivity contribution in [2.75, 3.05) is 13.2 Å². The van der Waals surface area contributed by atoms with Crippen LogP contribution >= 0.6 is 0 Å². The van der Waals surface area contributed by atoms with Crippen molar-refractivity contribution in [2.45, 2.75) is 219 Å². The van der Waals surface area contributed by atoms with Gasteiger partial charge in [-0.2, -0.15) is 0 Å². The summed E-state index contributed by atoms with van der Waals surface area (Å²) in [4.78, 5) is 38.1. The molecule has 376 valence electrons. The minimum atomic E-state index is -0.816. The summed E-state index contributed by atoms with van der Waals surface area (Å²) in [5.74, 6) is -0.994. The summed E-state index contributed by atoms with van der Waals surface area (Å²) in [6.07, 6.45) is 75.7. The Morgan fingerprint density at radius 1 is 0.328 bits per heavy atom. The summed E-state index contributed by atoms with van der Waals surface area (Å²) in [5.41, 5.74) is 0. The molecule has 1 atom stereocenters. The molecule has 0 bridgehead atoms. The Hall–Kier alpha value is -4.45. The summed E-state index contributed by atoms with van der Waals surface area (Å²) < 4.78 is 16.8. The Kier molecular flexibility index (Phi) is 50.6. The summed E-state index contributed by atoms with van der Waals surface area (Å²) >= 11 is 0. The Bertz CT molecular complexity index is 1480. The minimum absolute atomic E-state index is 0.113. The van der Waals surface area contributed by atoms with E-state index in [1.807, 2.05) is 72.9 Å². The fraction of sp³-hybridized carbons (Fsp3) is 0.590. The van der Waals surface area contributed by atoms with E-state index in [9.17, 15) is 14.4 Å². The van der Waals surface area contributed by atoms with Gasteiger partial charge in [-0.1, -0.05) is 231 Å². The van der Waals surface area contributed by atoms with Gasteiger partial charge >= 0.3 is 17.9 Å². The lowest BCUT2D eigenvalue weighted by Crippen LogP contribution is -2.30. The lowest BCUT2D eigenvalue weighted by atomic mass is 10.1. The predicted octanol–water partition coefficient (Wildman–Crippen LogP) is 17.9. The molecule has 0 amide bonds. The van der Waals surface area contributed by atoms with Crippen molar-refractivity contribution < 1.29 is 28.6 Å². The maximum absolute atomic E-state index is 12.8. The average molecular weight is 925 g/mol. The highest BCUT2D eigenvalue weighted by Crippen LogP contribution is 2.13. The summed E-state index contributed by atoms with van der Waals surface area (Å²) in [6.45, 7) is 6.30. The number of carbonyl (C=O) groups is 3. The van der Waals surface area contributed by atoms with E-state index in [-0.39, 0.29) is 31.1 Å². The highest BCUT2D eigenvalue weighted by Gasteiger charge is 2.19. The maximum atomic E-state index is 12.8. The molecule has 6 heteroatoms. The number of unbranched alkanes of at least 4 members (excludes halogenated alkanes) is 19. The first kappa shape index (κ1) is 62.5. The van der Waals surface area contributed by atoms with Gasteiger partial charge in [0.25, 0.3) is 0 Å². The molecule has 0 spiro atoms. The molecule has 0 aromatic heterocycles. The zero-order chi connectivity index (χ0) is 48.6. The molecule has 1 unspecified atom stereocenters. The van der Waals surface area contributed by atoms with Crippen molar-refractivity contribution in [3.63, 3.8) is 0 Å². The molecule has 0 heterocycles. The van der Waals surface area contributed by atoms with Crippen LogP contribution in [0.2, 0.25) is 0 Å². The molecular weight excluding hydrogens is 829 g/mol. The molecule has 0 aliphatic heterocycles. The maximum Gasteiger partial charge on any atom is 0.306 e. The van der Waals surface area contributed by atoms with Crippen LogP contribution < -0.4 is 0 Å². The van der Waals surface area contributed by atoms with Crippen LogP contribution in [0.3, 0.4) is 0 Å². The van der Waals surface area contributed by atoms with E-state index in [0.29, 0.717) is 19.3 Å². The quantitative estimate of drug-likeness (QED) is 0.0199. The standard InChI is InChI=1S/C61H96O6/c1-4-7-10-13-16-19-22-25-28-30-31-32-34-36-39-42-45-48-51-54-60(63)66-57-58(56-65-59(62)53-50-47-44-41-38-35-27-24-21-18-15-12-9-6-3)67-61(64)55-52-49-46-43-40-37-33-29-26-23-20-17-14-11-8-5-2/h7,9-10,12-13,16,18-19,21-22,25,27-36,39,58H,4-6,8,11,14-15,17,20,23-24,26,37-38,40-57H2,1-3H3/b10-7-,12-9-,16-13-,21-18-,22-19-,28-25-,31-30+,33-29-,34-32-,35-27-,39-36-. The molecule has 0 fully saturated rings. The Labute approximate surface area is 411 Å². The van der Waals surface area contributed by atoms with Crippen LogP contribution in [0.1, 0.15) is 213 Å². The topological polar surface area (TPSA) is 78.9 Å². The van der Waals surface area contributed by atoms with Gasteiger partial charge in [0.15, 0.2) is 6.10 Å². The Balaban J connectivity index is 4.56.